The van der Waals surface area contributed by atoms with E-state index in [0.717, 1.165) is 5.56 Å². The second kappa shape index (κ2) is 7.86. The van der Waals surface area contributed by atoms with Crippen LogP contribution in [0, 0.1) is 5.92 Å². The molecular formula is C19H20N4O4. The predicted octanol–water partition coefficient (Wildman–Crippen LogP) is 3.21. The number of oxazole rings is 1. The van der Waals surface area contributed by atoms with Crippen LogP contribution in [0.1, 0.15) is 13.8 Å². The molecule has 8 heteroatoms. The van der Waals surface area contributed by atoms with Crippen molar-refractivity contribution in [3.05, 3.63) is 42.7 Å². The van der Waals surface area contributed by atoms with Crippen molar-refractivity contribution in [3.8, 4) is 11.5 Å². The number of anilines is 1. The third kappa shape index (κ3) is 4.22. The number of esters is 1. The molecule has 0 bridgehead atoms. The Hall–Kier alpha value is -3.42. The molecular weight excluding hydrogens is 348 g/mol. The lowest BCUT2D eigenvalue weighted by Gasteiger charge is -2.20. The Morgan fingerprint density at radius 1 is 1.22 bits per heavy atom. The molecule has 2 heterocycles. The number of rotatable bonds is 5. The van der Waals surface area contributed by atoms with Crippen LogP contribution < -0.4 is 10.6 Å². The number of aromatic nitrogens is 2. The van der Waals surface area contributed by atoms with Crippen LogP contribution in [-0.4, -0.2) is 35.1 Å². The molecule has 0 aliphatic rings. The zero-order chi connectivity index (χ0) is 19.4. The first-order chi connectivity index (χ1) is 13.0. The van der Waals surface area contributed by atoms with Crippen molar-refractivity contribution >= 4 is 28.8 Å². The Morgan fingerprint density at radius 2 is 2.04 bits per heavy atom. The van der Waals surface area contributed by atoms with Crippen LogP contribution in [0.4, 0.5) is 10.5 Å². The molecule has 0 aliphatic carbocycles. The molecule has 1 aromatic carbocycles. The van der Waals surface area contributed by atoms with Crippen molar-refractivity contribution in [2.75, 3.05) is 12.4 Å². The fraction of sp³-hybridized carbons (Fsp3) is 0.263. The number of benzene rings is 1. The first-order valence-electron chi connectivity index (χ1n) is 8.44. The molecule has 3 aromatic rings. The quantitative estimate of drug-likeness (QED) is 0.670. The van der Waals surface area contributed by atoms with Gasteiger partial charge in [-0.15, -0.1) is 0 Å². The maximum Gasteiger partial charge on any atom is 0.328 e. The molecule has 0 saturated heterocycles. The summed E-state index contributed by atoms with van der Waals surface area (Å²) in [5.74, 6) is -0.151. The highest BCUT2D eigenvalue weighted by Crippen LogP contribution is 2.25. The first-order valence-corrected chi connectivity index (χ1v) is 8.44. The van der Waals surface area contributed by atoms with Gasteiger partial charge in [-0.25, -0.2) is 14.6 Å². The smallest absolute Gasteiger partial charge is 0.328 e. The maximum atomic E-state index is 12.2. The van der Waals surface area contributed by atoms with Gasteiger partial charge < -0.3 is 19.8 Å². The molecule has 8 nitrogen and oxygen atoms in total. The number of pyridine rings is 1. The number of hydrogen-bond acceptors (Lipinski definition) is 6. The maximum absolute atomic E-state index is 12.2. The van der Waals surface area contributed by atoms with Gasteiger partial charge in [0.1, 0.15) is 11.6 Å². The SMILES string of the molecule is COC(=O)[C@@H](NC(=O)Nc1ccc2oc(-c3cccnc3)nc2c1)C(C)C. The molecule has 0 unspecified atom stereocenters. The van der Waals surface area contributed by atoms with E-state index in [-0.39, 0.29) is 5.92 Å². The molecule has 0 saturated carbocycles. The van der Waals surface area contributed by atoms with Gasteiger partial charge in [0, 0.05) is 18.1 Å². The van der Waals surface area contributed by atoms with E-state index in [1.807, 2.05) is 19.9 Å². The third-order valence-electron chi connectivity index (χ3n) is 3.96. The number of nitrogens with zero attached hydrogens (tertiary/aromatic N) is 2. The lowest BCUT2D eigenvalue weighted by Crippen LogP contribution is -2.46. The fourth-order valence-corrected chi connectivity index (χ4v) is 2.55. The van der Waals surface area contributed by atoms with Gasteiger partial charge in [0.2, 0.25) is 5.89 Å². The van der Waals surface area contributed by atoms with Crippen molar-refractivity contribution in [2.45, 2.75) is 19.9 Å². The van der Waals surface area contributed by atoms with Crippen LogP contribution in [0.2, 0.25) is 0 Å². The van der Waals surface area contributed by atoms with Crippen molar-refractivity contribution in [1.29, 1.82) is 0 Å². The molecule has 2 N–H and O–H groups in total. The molecule has 2 aromatic heterocycles. The Labute approximate surface area is 155 Å². The van der Waals surface area contributed by atoms with Crippen LogP contribution in [0.15, 0.2) is 47.1 Å². The number of methoxy groups -OCH3 is 1. The summed E-state index contributed by atoms with van der Waals surface area (Å²) in [4.78, 5) is 32.5. The highest BCUT2D eigenvalue weighted by atomic mass is 16.5. The number of urea groups is 1. The van der Waals surface area contributed by atoms with E-state index in [1.54, 1.807) is 36.7 Å². The Bertz CT molecular complexity index is 953. The number of carbonyl (C=O) groups excluding carboxylic acids is 2. The minimum absolute atomic E-state index is 0.108. The molecule has 0 aliphatic heterocycles. The summed E-state index contributed by atoms with van der Waals surface area (Å²) in [6.45, 7) is 3.65. The summed E-state index contributed by atoms with van der Waals surface area (Å²) in [6, 6.07) is 7.52. The number of hydrogen-bond donors (Lipinski definition) is 2. The van der Waals surface area contributed by atoms with E-state index in [4.69, 9.17) is 9.15 Å². The Kier molecular flexibility index (Phi) is 5.35. The van der Waals surface area contributed by atoms with E-state index >= 15 is 0 Å². The van der Waals surface area contributed by atoms with Crippen LogP contribution in [0.3, 0.4) is 0 Å². The molecule has 1 atom stereocenters. The predicted molar refractivity (Wildman–Crippen MR) is 100 cm³/mol. The number of carbonyl (C=O) groups is 2. The van der Waals surface area contributed by atoms with Gasteiger partial charge in [0.25, 0.3) is 0 Å². The van der Waals surface area contributed by atoms with E-state index in [2.05, 4.69) is 20.6 Å². The van der Waals surface area contributed by atoms with E-state index in [0.29, 0.717) is 22.7 Å². The number of amides is 2. The van der Waals surface area contributed by atoms with Gasteiger partial charge in [0.05, 0.1) is 12.7 Å². The summed E-state index contributed by atoms with van der Waals surface area (Å²) in [7, 11) is 1.29. The molecule has 2 amide bonds. The Balaban J connectivity index is 1.75. The van der Waals surface area contributed by atoms with Gasteiger partial charge in [-0.2, -0.15) is 0 Å². The van der Waals surface area contributed by atoms with Crippen molar-refractivity contribution in [2.24, 2.45) is 5.92 Å². The minimum Gasteiger partial charge on any atom is -0.467 e. The lowest BCUT2D eigenvalue weighted by atomic mass is 10.1. The first kappa shape index (κ1) is 18.4. The summed E-state index contributed by atoms with van der Waals surface area (Å²) in [5, 5.41) is 5.31. The van der Waals surface area contributed by atoms with Crippen LogP contribution >= 0.6 is 0 Å². The molecule has 0 fully saturated rings. The van der Waals surface area contributed by atoms with E-state index in [1.165, 1.54) is 7.11 Å². The monoisotopic (exact) mass is 368 g/mol. The standard InChI is InChI=1S/C19H20N4O4/c1-11(2)16(18(24)26-3)23-19(25)21-13-6-7-15-14(9-13)22-17(27-15)12-5-4-8-20-10-12/h4-11,16H,1-3H3,(H2,21,23,25)/t16-/m0/s1. The molecule has 27 heavy (non-hydrogen) atoms. The van der Waals surface area contributed by atoms with E-state index in [9.17, 15) is 9.59 Å². The minimum atomic E-state index is -0.733. The zero-order valence-electron chi connectivity index (χ0n) is 15.2. The molecule has 0 spiro atoms. The van der Waals surface area contributed by atoms with Gasteiger partial charge in [-0.1, -0.05) is 13.8 Å². The van der Waals surface area contributed by atoms with Crippen molar-refractivity contribution in [1.82, 2.24) is 15.3 Å². The average Bonchev–Trinajstić information content (AvgIpc) is 3.09. The molecule has 3 rings (SSSR count). The zero-order valence-corrected chi connectivity index (χ0v) is 15.2. The average molecular weight is 368 g/mol. The molecule has 0 radical (unpaired) electrons. The summed E-state index contributed by atoms with van der Waals surface area (Å²) in [5.41, 5.74) is 2.48. The third-order valence-corrected chi connectivity index (χ3v) is 3.96. The van der Waals surface area contributed by atoms with Crippen molar-refractivity contribution < 1.29 is 18.7 Å². The van der Waals surface area contributed by atoms with Crippen LogP contribution in [0.25, 0.3) is 22.6 Å². The van der Waals surface area contributed by atoms with Gasteiger partial charge >= 0.3 is 12.0 Å². The topological polar surface area (TPSA) is 106 Å². The van der Waals surface area contributed by atoms with Gasteiger partial charge in [-0.3, -0.25) is 4.98 Å². The summed E-state index contributed by atoms with van der Waals surface area (Å²) < 4.78 is 10.4. The van der Waals surface area contributed by atoms with Gasteiger partial charge in [-0.05, 0) is 36.2 Å². The number of fused-ring (bicyclic) bond motifs is 1. The van der Waals surface area contributed by atoms with Gasteiger partial charge in [0.15, 0.2) is 5.58 Å². The Morgan fingerprint density at radius 3 is 2.70 bits per heavy atom. The highest BCUT2D eigenvalue weighted by Gasteiger charge is 2.25. The van der Waals surface area contributed by atoms with E-state index < -0.39 is 18.0 Å². The lowest BCUT2D eigenvalue weighted by molar-refractivity contribution is -0.143. The number of nitrogens with one attached hydrogen (secondary N) is 2. The van der Waals surface area contributed by atoms with Crippen LogP contribution in [-0.2, 0) is 9.53 Å². The van der Waals surface area contributed by atoms with Crippen LogP contribution in [0.5, 0.6) is 0 Å². The number of ether oxygens (including phenoxy) is 1. The largest absolute Gasteiger partial charge is 0.467 e. The normalized spacial score (nSPS) is 12.0. The second-order valence-electron chi connectivity index (χ2n) is 6.29. The second-order valence-corrected chi connectivity index (χ2v) is 6.29. The summed E-state index contributed by atoms with van der Waals surface area (Å²) >= 11 is 0. The van der Waals surface area contributed by atoms with Crippen molar-refractivity contribution in [3.63, 3.8) is 0 Å². The summed E-state index contributed by atoms with van der Waals surface area (Å²) in [6.07, 6.45) is 3.34. The fourth-order valence-electron chi connectivity index (χ4n) is 2.55. The highest BCUT2D eigenvalue weighted by molar-refractivity contribution is 5.94. The molecule has 140 valence electrons.